The van der Waals surface area contributed by atoms with Gasteiger partial charge in [-0.05, 0) is 18.9 Å². The first kappa shape index (κ1) is 16.3. The SMILES string of the molecule is CCC(CC)N(CCO)c1nc(NN)c(Cl)cc1Cl. The van der Waals surface area contributed by atoms with Crippen molar-refractivity contribution in [2.45, 2.75) is 32.7 Å². The summed E-state index contributed by atoms with van der Waals surface area (Å²) in [6, 6.07) is 1.86. The smallest absolute Gasteiger partial charge is 0.161 e. The van der Waals surface area contributed by atoms with Gasteiger partial charge in [-0.1, -0.05) is 37.0 Å². The topological polar surface area (TPSA) is 74.4 Å². The molecule has 0 aliphatic carbocycles. The van der Waals surface area contributed by atoms with Crippen molar-refractivity contribution in [1.82, 2.24) is 4.98 Å². The predicted octanol–water partition coefficient (Wildman–Crippen LogP) is 2.66. The van der Waals surface area contributed by atoms with Crippen LogP contribution in [0.1, 0.15) is 26.7 Å². The number of aliphatic hydroxyl groups excluding tert-OH is 1. The van der Waals surface area contributed by atoms with Crippen LogP contribution in [-0.4, -0.2) is 29.3 Å². The summed E-state index contributed by atoms with van der Waals surface area (Å²) < 4.78 is 0. The number of hydrogen-bond acceptors (Lipinski definition) is 5. The minimum Gasteiger partial charge on any atom is -0.395 e. The molecule has 0 aliphatic heterocycles. The van der Waals surface area contributed by atoms with Crippen molar-refractivity contribution in [2.24, 2.45) is 5.84 Å². The van der Waals surface area contributed by atoms with E-state index in [1.54, 1.807) is 6.07 Å². The van der Waals surface area contributed by atoms with Crippen molar-refractivity contribution in [2.75, 3.05) is 23.5 Å². The maximum absolute atomic E-state index is 9.23. The molecule has 0 radical (unpaired) electrons. The number of halogens is 2. The van der Waals surface area contributed by atoms with Crippen molar-refractivity contribution < 1.29 is 5.11 Å². The van der Waals surface area contributed by atoms with Crippen LogP contribution in [0.2, 0.25) is 10.0 Å². The normalized spacial score (nSPS) is 10.9. The van der Waals surface area contributed by atoms with E-state index in [-0.39, 0.29) is 12.6 Å². The van der Waals surface area contributed by atoms with Crippen molar-refractivity contribution in [1.29, 1.82) is 0 Å². The molecule has 0 amide bonds. The number of aromatic nitrogens is 1. The number of nitrogens with two attached hydrogens (primary N) is 1. The molecule has 1 aromatic heterocycles. The van der Waals surface area contributed by atoms with Gasteiger partial charge < -0.3 is 15.4 Å². The lowest BCUT2D eigenvalue weighted by Crippen LogP contribution is -2.37. The van der Waals surface area contributed by atoms with Gasteiger partial charge >= 0.3 is 0 Å². The highest BCUT2D eigenvalue weighted by molar-refractivity contribution is 6.37. The number of rotatable bonds is 7. The second-order valence-electron chi connectivity index (χ2n) is 4.16. The molecule has 19 heavy (non-hydrogen) atoms. The molecule has 0 aromatic carbocycles. The summed E-state index contributed by atoms with van der Waals surface area (Å²) in [6.45, 7) is 4.67. The molecule has 0 spiro atoms. The van der Waals surface area contributed by atoms with Gasteiger partial charge in [-0.25, -0.2) is 10.8 Å². The lowest BCUT2D eigenvalue weighted by Gasteiger charge is -2.32. The fourth-order valence-corrected chi connectivity index (χ4v) is 2.58. The van der Waals surface area contributed by atoms with Crippen molar-refractivity contribution in [3.63, 3.8) is 0 Å². The van der Waals surface area contributed by atoms with Crippen LogP contribution in [0.3, 0.4) is 0 Å². The van der Waals surface area contributed by atoms with E-state index in [0.29, 0.717) is 28.2 Å². The van der Waals surface area contributed by atoms with Crippen LogP contribution in [0, 0.1) is 0 Å². The third-order valence-electron chi connectivity index (χ3n) is 3.04. The van der Waals surface area contributed by atoms with Gasteiger partial charge in [0.15, 0.2) is 5.82 Å². The van der Waals surface area contributed by atoms with Crippen LogP contribution in [-0.2, 0) is 0 Å². The highest BCUT2D eigenvalue weighted by Gasteiger charge is 2.20. The van der Waals surface area contributed by atoms with Crippen LogP contribution in [0.25, 0.3) is 0 Å². The Morgan fingerprint density at radius 1 is 1.37 bits per heavy atom. The summed E-state index contributed by atoms with van der Waals surface area (Å²) >= 11 is 12.2. The van der Waals surface area contributed by atoms with Crippen LogP contribution in [0.15, 0.2) is 6.07 Å². The average Bonchev–Trinajstić information content (AvgIpc) is 2.39. The van der Waals surface area contributed by atoms with Gasteiger partial charge in [-0.3, -0.25) is 0 Å². The molecule has 0 aliphatic rings. The molecule has 0 saturated heterocycles. The Bertz CT molecular complexity index is 413. The van der Waals surface area contributed by atoms with E-state index in [9.17, 15) is 5.11 Å². The quantitative estimate of drug-likeness (QED) is 0.533. The molecule has 0 bridgehead atoms. The maximum atomic E-state index is 9.23. The molecule has 1 rings (SSSR count). The van der Waals surface area contributed by atoms with Crippen LogP contribution < -0.4 is 16.2 Å². The largest absolute Gasteiger partial charge is 0.395 e. The Labute approximate surface area is 123 Å². The zero-order chi connectivity index (χ0) is 14.4. The highest BCUT2D eigenvalue weighted by atomic mass is 35.5. The fourth-order valence-electron chi connectivity index (χ4n) is 2.06. The molecule has 1 heterocycles. The lowest BCUT2D eigenvalue weighted by molar-refractivity contribution is 0.295. The molecule has 108 valence electrons. The van der Waals surface area contributed by atoms with E-state index in [0.717, 1.165) is 12.8 Å². The second kappa shape index (κ2) is 7.75. The van der Waals surface area contributed by atoms with Crippen LogP contribution in [0.5, 0.6) is 0 Å². The van der Waals surface area contributed by atoms with Gasteiger partial charge in [0, 0.05) is 12.6 Å². The van der Waals surface area contributed by atoms with E-state index in [4.69, 9.17) is 29.0 Å². The molecular formula is C12H20Cl2N4O. The van der Waals surface area contributed by atoms with Crippen molar-refractivity contribution in [3.8, 4) is 0 Å². The second-order valence-corrected chi connectivity index (χ2v) is 4.97. The molecule has 0 fully saturated rings. The molecule has 7 heteroatoms. The maximum Gasteiger partial charge on any atom is 0.161 e. The first-order valence-electron chi connectivity index (χ1n) is 6.29. The number of nitrogens with one attached hydrogen (secondary N) is 1. The highest BCUT2D eigenvalue weighted by Crippen LogP contribution is 2.32. The fraction of sp³-hybridized carbons (Fsp3) is 0.583. The van der Waals surface area contributed by atoms with E-state index < -0.39 is 0 Å². The first-order chi connectivity index (χ1) is 9.08. The van der Waals surface area contributed by atoms with Gasteiger partial charge in [0.1, 0.15) is 5.82 Å². The predicted molar refractivity (Wildman–Crippen MR) is 80.9 cm³/mol. The third kappa shape index (κ3) is 3.86. The molecule has 4 N–H and O–H groups in total. The monoisotopic (exact) mass is 306 g/mol. The minimum atomic E-state index is 0.0303. The van der Waals surface area contributed by atoms with Gasteiger partial charge in [0.2, 0.25) is 0 Å². The summed E-state index contributed by atoms with van der Waals surface area (Å²) in [5.74, 6) is 6.33. The zero-order valence-corrected chi connectivity index (χ0v) is 12.7. The van der Waals surface area contributed by atoms with Gasteiger partial charge in [-0.2, -0.15) is 0 Å². The molecular weight excluding hydrogens is 287 g/mol. The molecule has 0 atom stereocenters. The van der Waals surface area contributed by atoms with Crippen LogP contribution >= 0.6 is 23.2 Å². The Morgan fingerprint density at radius 2 is 2.00 bits per heavy atom. The summed E-state index contributed by atoms with van der Waals surface area (Å²) in [5.41, 5.74) is 2.44. The number of nitrogens with zero attached hydrogens (tertiary/aromatic N) is 2. The van der Waals surface area contributed by atoms with E-state index in [1.165, 1.54) is 0 Å². The summed E-state index contributed by atoms with van der Waals surface area (Å²) in [6.07, 6.45) is 1.87. The summed E-state index contributed by atoms with van der Waals surface area (Å²) in [5, 5.41) is 10.0. The van der Waals surface area contributed by atoms with E-state index in [1.807, 2.05) is 4.90 Å². The number of anilines is 2. The lowest BCUT2D eigenvalue weighted by atomic mass is 10.1. The Kier molecular flexibility index (Phi) is 6.65. The number of pyridine rings is 1. The Hall–Kier alpha value is -0.750. The Balaban J connectivity index is 3.21. The molecule has 0 unspecified atom stereocenters. The standard InChI is InChI=1S/C12H20Cl2N4O/c1-3-8(4-2)18(5-6-19)12-10(14)7-9(13)11(16-12)17-15/h7-8,19H,3-6,15H2,1-2H3,(H,16,17). The minimum absolute atomic E-state index is 0.0303. The molecule has 0 saturated carbocycles. The van der Waals surface area contributed by atoms with Crippen LogP contribution in [0.4, 0.5) is 11.6 Å². The van der Waals surface area contributed by atoms with Crippen molar-refractivity contribution in [3.05, 3.63) is 16.1 Å². The van der Waals surface area contributed by atoms with Crippen molar-refractivity contribution >= 4 is 34.8 Å². The number of hydrazine groups is 1. The third-order valence-corrected chi connectivity index (χ3v) is 3.61. The Morgan fingerprint density at radius 3 is 2.47 bits per heavy atom. The van der Waals surface area contributed by atoms with E-state index >= 15 is 0 Å². The van der Waals surface area contributed by atoms with E-state index in [2.05, 4.69) is 24.3 Å². The van der Waals surface area contributed by atoms with Gasteiger partial charge in [0.05, 0.1) is 16.7 Å². The zero-order valence-electron chi connectivity index (χ0n) is 11.2. The number of aliphatic hydroxyl groups is 1. The summed E-state index contributed by atoms with van der Waals surface area (Å²) in [7, 11) is 0. The van der Waals surface area contributed by atoms with Gasteiger partial charge in [-0.15, -0.1) is 0 Å². The molecule has 1 aromatic rings. The number of hydrogen-bond donors (Lipinski definition) is 3. The molecule has 5 nitrogen and oxygen atoms in total. The number of nitrogen functional groups attached to an aromatic ring is 1. The average molecular weight is 307 g/mol. The van der Waals surface area contributed by atoms with Gasteiger partial charge in [0.25, 0.3) is 0 Å². The summed E-state index contributed by atoms with van der Waals surface area (Å²) in [4.78, 5) is 6.33. The first-order valence-corrected chi connectivity index (χ1v) is 7.04.